The van der Waals surface area contributed by atoms with Crippen LogP contribution in [0.1, 0.15) is 26.3 Å². The molecule has 170 valence electrons. The summed E-state index contributed by atoms with van der Waals surface area (Å²) in [5.41, 5.74) is -0.633. The van der Waals surface area contributed by atoms with E-state index in [4.69, 9.17) is 9.47 Å². The second kappa shape index (κ2) is 9.28. The molecule has 5 nitrogen and oxygen atoms in total. The highest BCUT2D eigenvalue weighted by molar-refractivity contribution is 7.99. The van der Waals surface area contributed by atoms with Gasteiger partial charge >= 0.3 is 6.18 Å². The maximum absolute atomic E-state index is 13.0. The first-order valence-corrected chi connectivity index (χ1v) is 10.5. The topological polar surface area (TPSA) is 53.4 Å². The Labute approximate surface area is 188 Å². The fourth-order valence-corrected chi connectivity index (χ4v) is 3.50. The highest BCUT2D eigenvalue weighted by Gasteiger charge is 2.30. The van der Waals surface area contributed by atoms with Gasteiger partial charge in [-0.2, -0.15) is 13.2 Å². The van der Waals surface area contributed by atoms with Crippen molar-refractivity contribution in [1.82, 2.24) is 9.55 Å². The number of nitrogens with zero attached hydrogens (tertiary/aromatic N) is 2. The summed E-state index contributed by atoms with van der Waals surface area (Å²) in [5.74, 6) is 1.04. The Morgan fingerprint density at radius 1 is 1.03 bits per heavy atom. The standard InChI is InChI=1S/C23H23F3N2O3S/c1-22(2,3)14-31-18-10-7-16(13-19(18)30-4)28-12-11-27-20(21(28)29)32-17-8-5-15(6-9-17)23(24,25)26/h5-13H,14H2,1-4H3. The van der Waals surface area contributed by atoms with Crippen molar-refractivity contribution in [2.75, 3.05) is 13.7 Å². The fraction of sp³-hybridized carbons (Fsp3) is 0.304. The van der Waals surface area contributed by atoms with Gasteiger partial charge in [0.1, 0.15) is 0 Å². The van der Waals surface area contributed by atoms with Crippen molar-refractivity contribution < 1.29 is 22.6 Å². The van der Waals surface area contributed by atoms with Gasteiger partial charge in [0, 0.05) is 23.4 Å². The van der Waals surface area contributed by atoms with Gasteiger partial charge in [-0.05, 0) is 41.8 Å². The molecule has 0 N–H and O–H groups in total. The van der Waals surface area contributed by atoms with Crippen LogP contribution in [0.2, 0.25) is 0 Å². The molecule has 0 unspecified atom stereocenters. The third kappa shape index (κ3) is 5.85. The van der Waals surface area contributed by atoms with E-state index >= 15 is 0 Å². The summed E-state index contributed by atoms with van der Waals surface area (Å²) in [6.07, 6.45) is -1.43. The van der Waals surface area contributed by atoms with Crippen LogP contribution in [-0.2, 0) is 6.18 Å². The van der Waals surface area contributed by atoms with Crippen molar-refractivity contribution in [2.45, 2.75) is 36.9 Å². The zero-order chi connectivity index (χ0) is 23.5. The van der Waals surface area contributed by atoms with Crippen molar-refractivity contribution in [3.8, 4) is 17.2 Å². The zero-order valence-electron chi connectivity index (χ0n) is 18.1. The summed E-state index contributed by atoms with van der Waals surface area (Å²) in [5, 5.41) is 0.138. The van der Waals surface area contributed by atoms with Gasteiger partial charge in [0.2, 0.25) is 0 Å². The van der Waals surface area contributed by atoms with E-state index in [1.54, 1.807) is 18.2 Å². The largest absolute Gasteiger partial charge is 0.493 e. The van der Waals surface area contributed by atoms with Crippen LogP contribution in [0.3, 0.4) is 0 Å². The Kier molecular flexibility index (Phi) is 6.88. The minimum atomic E-state index is -4.41. The van der Waals surface area contributed by atoms with Crippen molar-refractivity contribution in [3.63, 3.8) is 0 Å². The molecule has 3 rings (SSSR count). The maximum atomic E-state index is 13.0. The number of ether oxygens (including phenoxy) is 2. The monoisotopic (exact) mass is 464 g/mol. The predicted octanol–water partition coefficient (Wildman–Crippen LogP) is 5.84. The lowest BCUT2D eigenvalue weighted by Gasteiger charge is -2.20. The van der Waals surface area contributed by atoms with Crippen molar-refractivity contribution in [2.24, 2.45) is 5.41 Å². The van der Waals surface area contributed by atoms with Crippen LogP contribution in [0.5, 0.6) is 11.5 Å². The molecule has 0 amide bonds. The normalized spacial score (nSPS) is 12.0. The second-order valence-corrected chi connectivity index (χ2v) is 9.28. The number of methoxy groups -OCH3 is 1. The van der Waals surface area contributed by atoms with Gasteiger partial charge in [0.05, 0.1) is 25.0 Å². The number of halogens is 3. The van der Waals surface area contributed by atoms with E-state index in [1.165, 1.54) is 36.2 Å². The number of rotatable bonds is 6. The Balaban J connectivity index is 1.87. The smallest absolute Gasteiger partial charge is 0.416 e. The molecule has 0 saturated heterocycles. The molecule has 1 heterocycles. The van der Waals surface area contributed by atoms with Gasteiger partial charge in [0.15, 0.2) is 16.5 Å². The van der Waals surface area contributed by atoms with E-state index < -0.39 is 17.3 Å². The lowest BCUT2D eigenvalue weighted by atomic mass is 9.99. The average Bonchev–Trinajstić information content (AvgIpc) is 2.73. The van der Waals surface area contributed by atoms with Crippen molar-refractivity contribution in [3.05, 3.63) is 70.8 Å². The van der Waals surface area contributed by atoms with Gasteiger partial charge in [-0.15, -0.1) is 0 Å². The summed E-state index contributed by atoms with van der Waals surface area (Å²) in [7, 11) is 1.52. The number of hydrogen-bond acceptors (Lipinski definition) is 5. The molecule has 0 aliphatic carbocycles. The maximum Gasteiger partial charge on any atom is 0.416 e. The number of hydrogen-bond donors (Lipinski definition) is 0. The number of benzene rings is 2. The van der Waals surface area contributed by atoms with Gasteiger partial charge in [-0.25, -0.2) is 4.98 Å². The SMILES string of the molecule is COc1cc(-n2ccnc(Sc3ccc(C(F)(F)F)cc3)c2=O)ccc1OCC(C)(C)C. The highest BCUT2D eigenvalue weighted by Crippen LogP contribution is 2.33. The Morgan fingerprint density at radius 3 is 2.31 bits per heavy atom. The highest BCUT2D eigenvalue weighted by atomic mass is 32.2. The van der Waals surface area contributed by atoms with Gasteiger partial charge in [0.25, 0.3) is 5.56 Å². The molecule has 0 aliphatic rings. The van der Waals surface area contributed by atoms with Crippen molar-refractivity contribution >= 4 is 11.8 Å². The summed E-state index contributed by atoms with van der Waals surface area (Å²) in [6, 6.07) is 9.73. The van der Waals surface area contributed by atoms with Crippen molar-refractivity contribution in [1.29, 1.82) is 0 Å². The lowest BCUT2D eigenvalue weighted by Crippen LogP contribution is -2.20. The Hall–Kier alpha value is -2.94. The van der Waals surface area contributed by atoms with E-state index in [2.05, 4.69) is 25.8 Å². The van der Waals surface area contributed by atoms with E-state index in [-0.39, 0.29) is 10.4 Å². The lowest BCUT2D eigenvalue weighted by molar-refractivity contribution is -0.137. The minimum Gasteiger partial charge on any atom is -0.493 e. The van der Waals surface area contributed by atoms with Crippen LogP contribution in [-0.4, -0.2) is 23.3 Å². The molecule has 2 aromatic carbocycles. The van der Waals surface area contributed by atoms with Crippen LogP contribution >= 0.6 is 11.8 Å². The first-order valence-electron chi connectivity index (χ1n) is 9.72. The van der Waals surface area contributed by atoms with E-state index in [0.717, 1.165) is 23.9 Å². The van der Waals surface area contributed by atoms with Crippen LogP contribution in [0.4, 0.5) is 13.2 Å². The van der Waals surface area contributed by atoms with Gasteiger partial charge in [-0.3, -0.25) is 9.36 Å². The Bertz CT molecular complexity index is 1140. The van der Waals surface area contributed by atoms with Gasteiger partial charge in [-0.1, -0.05) is 32.5 Å². The number of alkyl halides is 3. The molecule has 9 heteroatoms. The molecule has 0 radical (unpaired) electrons. The molecule has 0 fully saturated rings. The third-order valence-electron chi connectivity index (χ3n) is 4.29. The number of aromatic nitrogens is 2. The molecule has 0 aliphatic heterocycles. The van der Waals surface area contributed by atoms with Crippen LogP contribution < -0.4 is 15.0 Å². The fourth-order valence-electron chi connectivity index (χ4n) is 2.71. The van der Waals surface area contributed by atoms with E-state index in [1.807, 2.05) is 0 Å². The molecule has 0 spiro atoms. The van der Waals surface area contributed by atoms with Crippen LogP contribution in [0, 0.1) is 5.41 Å². The quantitative estimate of drug-likeness (QED) is 0.459. The first kappa shape index (κ1) is 23.7. The molecular formula is C23H23F3N2O3S. The molecule has 0 saturated carbocycles. The van der Waals surface area contributed by atoms with E-state index in [9.17, 15) is 18.0 Å². The second-order valence-electron chi connectivity index (χ2n) is 8.22. The van der Waals surface area contributed by atoms with Crippen LogP contribution in [0.25, 0.3) is 5.69 Å². The minimum absolute atomic E-state index is 0.0316. The summed E-state index contributed by atoms with van der Waals surface area (Å²) in [4.78, 5) is 17.5. The molecule has 0 atom stereocenters. The summed E-state index contributed by atoms with van der Waals surface area (Å²) < 4.78 is 50.9. The molecular weight excluding hydrogens is 441 g/mol. The Morgan fingerprint density at radius 2 is 1.72 bits per heavy atom. The zero-order valence-corrected chi connectivity index (χ0v) is 18.9. The average molecular weight is 465 g/mol. The van der Waals surface area contributed by atoms with Crippen LogP contribution in [0.15, 0.2) is 69.6 Å². The first-order chi connectivity index (χ1) is 15.0. The summed E-state index contributed by atoms with van der Waals surface area (Å²) in [6.45, 7) is 6.66. The van der Waals surface area contributed by atoms with Gasteiger partial charge < -0.3 is 9.47 Å². The molecule has 32 heavy (non-hydrogen) atoms. The van der Waals surface area contributed by atoms with E-state index in [0.29, 0.717) is 28.7 Å². The molecule has 3 aromatic rings. The molecule has 0 bridgehead atoms. The predicted molar refractivity (Wildman–Crippen MR) is 117 cm³/mol. The summed E-state index contributed by atoms with van der Waals surface area (Å²) >= 11 is 0.999. The molecule has 1 aromatic heterocycles. The third-order valence-corrected chi connectivity index (χ3v) is 5.27.